The first-order valence-electron chi connectivity index (χ1n) is 4.24. The third-order valence-electron chi connectivity index (χ3n) is 1.85. The molecule has 0 aromatic carbocycles. The summed E-state index contributed by atoms with van der Waals surface area (Å²) in [4.78, 5) is 4.81. The molecule has 0 saturated carbocycles. The normalized spacial score (nSPS) is 13.3. The minimum atomic E-state index is 0.535. The van der Waals surface area contributed by atoms with Crippen LogP contribution < -0.4 is 0 Å². The molecule has 1 aromatic heterocycles. The van der Waals surface area contributed by atoms with E-state index in [0.29, 0.717) is 10.7 Å². The highest BCUT2D eigenvalue weighted by atomic mass is 79.9. The minimum absolute atomic E-state index is 0.535. The van der Waals surface area contributed by atoms with Crippen molar-refractivity contribution in [1.82, 2.24) is 4.98 Å². The van der Waals surface area contributed by atoms with Crippen LogP contribution in [0.25, 0.3) is 0 Å². The number of pyridine rings is 1. The van der Waals surface area contributed by atoms with Crippen molar-refractivity contribution in [3.05, 3.63) is 30.1 Å². The quantitative estimate of drug-likeness (QED) is 0.724. The van der Waals surface area contributed by atoms with E-state index < -0.39 is 0 Å². The first-order valence-corrected chi connectivity index (χ1v) is 5.15. The predicted molar refractivity (Wildman–Crippen MR) is 55.5 cm³/mol. The number of hydrogen-bond acceptors (Lipinski definition) is 1. The minimum Gasteiger partial charge on any atom is -0.261 e. The van der Waals surface area contributed by atoms with Crippen molar-refractivity contribution >= 4 is 15.9 Å². The molecule has 0 bridgehead atoms. The smallest absolute Gasteiger partial charge is 0.0414 e. The molecule has 0 amide bonds. The molecule has 0 radical (unpaired) electrons. The van der Waals surface area contributed by atoms with Crippen LogP contribution in [0.3, 0.4) is 0 Å². The lowest BCUT2D eigenvalue weighted by Gasteiger charge is -2.12. The predicted octanol–water partition coefficient (Wildman–Crippen LogP) is 3.04. The molecule has 1 atom stereocenters. The van der Waals surface area contributed by atoms with Gasteiger partial charge in [0.25, 0.3) is 0 Å². The van der Waals surface area contributed by atoms with Crippen molar-refractivity contribution in [2.75, 3.05) is 0 Å². The highest BCUT2D eigenvalue weighted by molar-refractivity contribution is 9.09. The topological polar surface area (TPSA) is 12.9 Å². The molecular formula is C10H14BrN. The number of rotatable bonds is 3. The van der Waals surface area contributed by atoms with Gasteiger partial charge in [0.05, 0.1) is 0 Å². The molecule has 1 heterocycles. The number of alkyl halides is 1. The lowest BCUT2D eigenvalue weighted by Crippen LogP contribution is -2.11. The van der Waals surface area contributed by atoms with Crippen molar-refractivity contribution in [1.29, 1.82) is 0 Å². The summed E-state index contributed by atoms with van der Waals surface area (Å²) in [5.74, 6) is 0.659. The summed E-state index contributed by atoms with van der Waals surface area (Å²) in [6.07, 6.45) is 2.86. The van der Waals surface area contributed by atoms with Gasteiger partial charge in [-0.25, -0.2) is 0 Å². The molecule has 1 unspecified atom stereocenters. The Morgan fingerprint density at radius 1 is 1.42 bits per heavy atom. The van der Waals surface area contributed by atoms with Gasteiger partial charge in [0.2, 0.25) is 0 Å². The Morgan fingerprint density at radius 3 is 2.67 bits per heavy atom. The van der Waals surface area contributed by atoms with Crippen molar-refractivity contribution in [3.63, 3.8) is 0 Å². The van der Waals surface area contributed by atoms with Crippen molar-refractivity contribution in [2.45, 2.75) is 25.1 Å². The van der Waals surface area contributed by atoms with Gasteiger partial charge in [-0.1, -0.05) is 35.8 Å². The molecule has 0 saturated heterocycles. The number of aromatic nitrogens is 1. The highest BCUT2D eigenvalue weighted by Crippen LogP contribution is 2.16. The lowest BCUT2D eigenvalue weighted by atomic mass is 10.1. The summed E-state index contributed by atoms with van der Waals surface area (Å²) in [6.45, 7) is 4.42. The van der Waals surface area contributed by atoms with E-state index >= 15 is 0 Å². The maximum atomic E-state index is 4.27. The van der Waals surface area contributed by atoms with Crippen LogP contribution in [0.5, 0.6) is 0 Å². The zero-order valence-electron chi connectivity index (χ0n) is 7.50. The summed E-state index contributed by atoms with van der Waals surface area (Å²) in [5, 5.41) is 0. The van der Waals surface area contributed by atoms with Crippen LogP contribution in [0.4, 0.5) is 0 Å². The Bertz CT molecular complexity index is 221. The fourth-order valence-corrected chi connectivity index (χ4v) is 1.29. The van der Waals surface area contributed by atoms with E-state index in [1.807, 2.05) is 18.3 Å². The van der Waals surface area contributed by atoms with E-state index in [1.54, 1.807) is 0 Å². The second-order valence-corrected chi connectivity index (χ2v) is 4.46. The molecule has 2 heteroatoms. The average molecular weight is 228 g/mol. The molecule has 1 aromatic rings. The Balaban J connectivity index is 2.53. The summed E-state index contributed by atoms with van der Waals surface area (Å²) in [5.41, 5.74) is 1.16. The molecule has 0 spiro atoms. The Kier molecular flexibility index (Phi) is 3.73. The zero-order chi connectivity index (χ0) is 8.97. The fraction of sp³-hybridized carbons (Fsp3) is 0.500. The van der Waals surface area contributed by atoms with E-state index in [0.717, 1.165) is 12.1 Å². The van der Waals surface area contributed by atoms with E-state index in [2.05, 4.69) is 40.8 Å². The molecule has 12 heavy (non-hydrogen) atoms. The van der Waals surface area contributed by atoms with Gasteiger partial charge in [0.15, 0.2) is 0 Å². The Morgan fingerprint density at radius 2 is 2.17 bits per heavy atom. The van der Waals surface area contributed by atoms with E-state index in [4.69, 9.17) is 0 Å². The van der Waals surface area contributed by atoms with Crippen LogP contribution in [-0.4, -0.2) is 9.81 Å². The molecule has 0 aliphatic rings. The molecule has 0 aliphatic carbocycles. The van der Waals surface area contributed by atoms with Crippen LogP contribution in [-0.2, 0) is 6.42 Å². The van der Waals surface area contributed by atoms with Gasteiger partial charge in [-0.05, 0) is 18.1 Å². The van der Waals surface area contributed by atoms with Gasteiger partial charge in [-0.3, -0.25) is 4.98 Å². The van der Waals surface area contributed by atoms with E-state index in [9.17, 15) is 0 Å². The number of hydrogen-bond donors (Lipinski definition) is 0. The number of nitrogens with zero attached hydrogens (tertiary/aromatic N) is 1. The molecule has 0 fully saturated rings. The Hall–Kier alpha value is -0.370. The summed E-state index contributed by atoms with van der Waals surface area (Å²) < 4.78 is 0. The molecule has 1 rings (SSSR count). The van der Waals surface area contributed by atoms with Crippen molar-refractivity contribution in [2.24, 2.45) is 5.92 Å². The fourth-order valence-electron chi connectivity index (χ4n) is 0.954. The van der Waals surface area contributed by atoms with Crippen LogP contribution in [0.15, 0.2) is 24.4 Å². The van der Waals surface area contributed by atoms with Crippen molar-refractivity contribution in [3.8, 4) is 0 Å². The molecule has 1 nitrogen and oxygen atoms in total. The van der Waals surface area contributed by atoms with Crippen molar-refractivity contribution < 1.29 is 0 Å². The van der Waals surface area contributed by atoms with Gasteiger partial charge in [-0.15, -0.1) is 0 Å². The molecule has 0 N–H and O–H groups in total. The standard InChI is InChI=1S/C10H14BrN/c1-8(2)10(11)7-9-5-3-4-6-12-9/h3-6,8,10H,7H2,1-2H3. The Labute approximate surface area is 82.3 Å². The van der Waals surface area contributed by atoms with Gasteiger partial charge < -0.3 is 0 Å². The van der Waals surface area contributed by atoms with Gasteiger partial charge in [0, 0.05) is 23.1 Å². The highest BCUT2D eigenvalue weighted by Gasteiger charge is 2.09. The lowest BCUT2D eigenvalue weighted by molar-refractivity contribution is 0.607. The largest absolute Gasteiger partial charge is 0.261 e. The first kappa shape index (κ1) is 9.72. The zero-order valence-corrected chi connectivity index (χ0v) is 9.08. The van der Waals surface area contributed by atoms with Crippen LogP contribution in [0.1, 0.15) is 19.5 Å². The van der Waals surface area contributed by atoms with E-state index in [-0.39, 0.29) is 0 Å². The summed E-state index contributed by atoms with van der Waals surface area (Å²) in [6, 6.07) is 6.04. The summed E-state index contributed by atoms with van der Waals surface area (Å²) in [7, 11) is 0. The first-order chi connectivity index (χ1) is 5.70. The van der Waals surface area contributed by atoms with E-state index in [1.165, 1.54) is 0 Å². The summed E-state index contributed by atoms with van der Waals surface area (Å²) >= 11 is 3.64. The van der Waals surface area contributed by atoms with Gasteiger partial charge >= 0.3 is 0 Å². The van der Waals surface area contributed by atoms with Crippen LogP contribution >= 0.6 is 15.9 Å². The monoisotopic (exact) mass is 227 g/mol. The maximum absolute atomic E-state index is 4.27. The molecular weight excluding hydrogens is 214 g/mol. The van der Waals surface area contributed by atoms with Crippen LogP contribution in [0, 0.1) is 5.92 Å². The third kappa shape index (κ3) is 2.94. The molecule has 0 aliphatic heterocycles. The SMILES string of the molecule is CC(C)C(Br)Cc1ccccn1. The average Bonchev–Trinajstić information content (AvgIpc) is 2.06. The number of halogens is 1. The van der Waals surface area contributed by atoms with Crippen LogP contribution in [0.2, 0.25) is 0 Å². The second-order valence-electron chi connectivity index (χ2n) is 3.29. The third-order valence-corrected chi connectivity index (χ3v) is 3.23. The maximum Gasteiger partial charge on any atom is 0.0414 e. The molecule has 66 valence electrons. The second kappa shape index (κ2) is 4.61. The van der Waals surface area contributed by atoms with Gasteiger partial charge in [0.1, 0.15) is 0 Å². The van der Waals surface area contributed by atoms with Gasteiger partial charge in [-0.2, -0.15) is 0 Å².